The maximum atomic E-state index is 11.9. The molecule has 104 valence electrons. The lowest BCUT2D eigenvalue weighted by molar-refractivity contribution is -0.112. The molecule has 2 aliphatic rings. The lowest BCUT2D eigenvalue weighted by Crippen LogP contribution is -2.46. The summed E-state index contributed by atoms with van der Waals surface area (Å²) in [6.07, 6.45) is 0.892. The first kappa shape index (κ1) is 12.6. The Morgan fingerprint density at radius 2 is 2.32 bits per heavy atom. The van der Waals surface area contributed by atoms with Crippen LogP contribution in [0.1, 0.15) is 25.1 Å². The van der Waals surface area contributed by atoms with Crippen molar-refractivity contribution in [1.29, 1.82) is 0 Å². The molecular weight excluding hydrogens is 250 g/mol. The maximum Gasteiger partial charge on any atom is 0.330 e. The number of fused-ring (bicyclic) bond motifs is 2. The number of nitrogens with zero attached hydrogens (tertiary/aromatic N) is 1. The zero-order valence-corrected chi connectivity index (χ0v) is 10.8. The van der Waals surface area contributed by atoms with Gasteiger partial charge in [0.15, 0.2) is 6.23 Å². The number of H-pyrrole nitrogens is 1. The molecule has 2 fully saturated rings. The van der Waals surface area contributed by atoms with Crippen LogP contribution in [0.5, 0.6) is 0 Å². The Balaban J connectivity index is 2.04. The molecule has 0 radical (unpaired) electrons. The lowest BCUT2D eigenvalue weighted by Gasteiger charge is -2.31. The molecule has 0 aliphatic carbocycles. The van der Waals surface area contributed by atoms with E-state index in [4.69, 9.17) is 4.74 Å². The molecule has 2 bridgehead atoms. The van der Waals surface area contributed by atoms with Crippen molar-refractivity contribution < 1.29 is 9.84 Å². The van der Waals surface area contributed by atoms with Crippen molar-refractivity contribution in [3.8, 4) is 0 Å². The van der Waals surface area contributed by atoms with E-state index < -0.39 is 29.2 Å². The molecule has 2 saturated heterocycles. The quantitative estimate of drug-likeness (QED) is 0.629. The van der Waals surface area contributed by atoms with Gasteiger partial charge in [0, 0.05) is 18.3 Å². The molecule has 3 N–H and O–H groups in total. The maximum absolute atomic E-state index is 11.9. The van der Waals surface area contributed by atoms with E-state index in [1.807, 2.05) is 6.92 Å². The Hall–Kier alpha value is -1.44. The highest BCUT2D eigenvalue weighted by Gasteiger charge is 2.59. The summed E-state index contributed by atoms with van der Waals surface area (Å²) in [6, 6.07) is -0.331. The smallest absolute Gasteiger partial charge is 0.330 e. The molecule has 1 aromatic rings. The third-order valence-electron chi connectivity index (χ3n) is 4.20. The number of nitrogens with one attached hydrogen (secondary N) is 2. The molecule has 4 atom stereocenters. The highest BCUT2D eigenvalue weighted by Crippen LogP contribution is 2.42. The van der Waals surface area contributed by atoms with Gasteiger partial charge in [0.25, 0.3) is 5.56 Å². The highest BCUT2D eigenvalue weighted by atomic mass is 16.6. The van der Waals surface area contributed by atoms with Crippen molar-refractivity contribution in [2.45, 2.75) is 44.2 Å². The van der Waals surface area contributed by atoms with E-state index in [0.29, 0.717) is 18.5 Å². The molecule has 1 aromatic heterocycles. The predicted molar refractivity (Wildman–Crippen MR) is 67.0 cm³/mol. The Morgan fingerprint density at radius 3 is 2.95 bits per heavy atom. The summed E-state index contributed by atoms with van der Waals surface area (Å²) in [7, 11) is 0. The molecule has 0 amide bonds. The average molecular weight is 267 g/mol. The van der Waals surface area contributed by atoms with E-state index in [1.54, 1.807) is 6.92 Å². The zero-order chi connectivity index (χ0) is 13.8. The van der Waals surface area contributed by atoms with Gasteiger partial charge in [-0.15, -0.1) is 0 Å². The van der Waals surface area contributed by atoms with Gasteiger partial charge in [-0.2, -0.15) is 0 Å². The van der Waals surface area contributed by atoms with Crippen LogP contribution >= 0.6 is 0 Å². The Kier molecular flexibility index (Phi) is 2.67. The topological polar surface area (TPSA) is 96.4 Å². The zero-order valence-electron chi connectivity index (χ0n) is 10.8. The van der Waals surface area contributed by atoms with E-state index in [2.05, 4.69) is 10.3 Å². The summed E-state index contributed by atoms with van der Waals surface area (Å²) in [5, 5.41) is 13.4. The van der Waals surface area contributed by atoms with Gasteiger partial charge in [-0.05, 0) is 13.3 Å². The summed E-state index contributed by atoms with van der Waals surface area (Å²) < 4.78 is 7.24. The number of aliphatic hydroxyl groups excluding tert-OH is 1. The number of aromatic nitrogens is 2. The highest BCUT2D eigenvalue weighted by molar-refractivity contribution is 5.12. The number of hydrogen-bond acceptors (Lipinski definition) is 5. The van der Waals surface area contributed by atoms with Crippen molar-refractivity contribution in [1.82, 2.24) is 14.9 Å². The van der Waals surface area contributed by atoms with Crippen LogP contribution < -0.4 is 16.6 Å². The SMILES string of the molecule is CC[C@@]12CN[C@@H]([C@H](n3cc(C)c(=O)[nH]c3=O)O1)[C@@H]2O. The molecule has 19 heavy (non-hydrogen) atoms. The van der Waals surface area contributed by atoms with Crippen LogP contribution in [-0.4, -0.2) is 38.9 Å². The second-order valence-corrected chi connectivity index (χ2v) is 5.26. The van der Waals surface area contributed by atoms with Gasteiger partial charge in [0.05, 0.1) is 6.04 Å². The van der Waals surface area contributed by atoms with E-state index >= 15 is 0 Å². The van der Waals surface area contributed by atoms with Gasteiger partial charge >= 0.3 is 5.69 Å². The van der Waals surface area contributed by atoms with Crippen molar-refractivity contribution in [3.05, 3.63) is 32.6 Å². The van der Waals surface area contributed by atoms with Gasteiger partial charge in [0.1, 0.15) is 11.7 Å². The van der Waals surface area contributed by atoms with Gasteiger partial charge in [-0.25, -0.2) is 4.79 Å². The summed E-state index contributed by atoms with van der Waals surface area (Å²) in [5.74, 6) is 0. The Morgan fingerprint density at radius 1 is 1.58 bits per heavy atom. The molecule has 0 unspecified atom stereocenters. The Bertz CT molecular complexity index is 622. The number of aromatic amines is 1. The summed E-state index contributed by atoms with van der Waals surface area (Å²) >= 11 is 0. The first-order valence-corrected chi connectivity index (χ1v) is 6.40. The fraction of sp³-hybridized carbons (Fsp3) is 0.667. The van der Waals surface area contributed by atoms with Crippen molar-refractivity contribution in [3.63, 3.8) is 0 Å². The molecule has 7 nitrogen and oxygen atoms in total. The molecule has 0 spiro atoms. The number of aryl methyl sites for hydroxylation is 1. The van der Waals surface area contributed by atoms with Crippen LogP contribution in [0, 0.1) is 6.92 Å². The first-order valence-electron chi connectivity index (χ1n) is 6.40. The standard InChI is InChI=1S/C12H17N3O4/c1-3-12-5-13-7(8(12)16)10(19-12)15-4-6(2)9(17)14-11(15)18/h4,7-8,10,13,16H,3,5H2,1-2H3,(H,14,17,18)/t7-,8+,10-,12+/m1/s1. The lowest BCUT2D eigenvalue weighted by atomic mass is 9.96. The molecule has 3 heterocycles. The first-order chi connectivity index (χ1) is 8.98. The third kappa shape index (κ3) is 1.62. The summed E-state index contributed by atoms with van der Waals surface area (Å²) in [5.41, 5.74) is -1.12. The minimum absolute atomic E-state index is 0.331. The van der Waals surface area contributed by atoms with Crippen LogP contribution in [0.2, 0.25) is 0 Å². The van der Waals surface area contributed by atoms with Crippen molar-refractivity contribution in [2.75, 3.05) is 6.54 Å². The Labute approximate surface area is 109 Å². The second-order valence-electron chi connectivity index (χ2n) is 5.26. The minimum Gasteiger partial charge on any atom is -0.388 e. The number of morpholine rings is 1. The van der Waals surface area contributed by atoms with Gasteiger partial charge in [-0.3, -0.25) is 14.3 Å². The van der Waals surface area contributed by atoms with Gasteiger partial charge < -0.3 is 15.2 Å². The van der Waals surface area contributed by atoms with Crippen molar-refractivity contribution >= 4 is 0 Å². The van der Waals surface area contributed by atoms with E-state index in [9.17, 15) is 14.7 Å². The largest absolute Gasteiger partial charge is 0.388 e. The molecule has 2 aliphatic heterocycles. The van der Waals surface area contributed by atoms with Crippen LogP contribution in [0.4, 0.5) is 0 Å². The average Bonchev–Trinajstić information content (AvgIpc) is 2.85. The molecular formula is C12H17N3O4. The summed E-state index contributed by atoms with van der Waals surface area (Å²) in [4.78, 5) is 25.5. The second kappa shape index (κ2) is 4.03. The predicted octanol–water partition coefficient (Wildman–Crippen LogP) is -1.14. The number of rotatable bonds is 2. The molecule has 7 heteroatoms. The summed E-state index contributed by atoms with van der Waals surface area (Å²) in [6.45, 7) is 4.14. The molecule has 0 saturated carbocycles. The van der Waals surface area contributed by atoms with Crippen LogP contribution in [0.3, 0.4) is 0 Å². The minimum atomic E-state index is -0.651. The van der Waals surface area contributed by atoms with Gasteiger partial charge in [0.2, 0.25) is 0 Å². The number of hydrogen-bond donors (Lipinski definition) is 3. The molecule has 3 rings (SSSR count). The number of aliphatic hydroxyl groups is 1. The number of ether oxygens (including phenoxy) is 1. The van der Waals surface area contributed by atoms with Gasteiger partial charge in [-0.1, -0.05) is 6.92 Å². The van der Waals surface area contributed by atoms with Crippen LogP contribution in [-0.2, 0) is 4.74 Å². The monoisotopic (exact) mass is 267 g/mol. The van der Waals surface area contributed by atoms with E-state index in [1.165, 1.54) is 10.8 Å². The third-order valence-corrected chi connectivity index (χ3v) is 4.20. The van der Waals surface area contributed by atoms with Crippen molar-refractivity contribution in [2.24, 2.45) is 0 Å². The van der Waals surface area contributed by atoms with E-state index in [-0.39, 0.29) is 6.04 Å². The normalized spacial score (nSPS) is 36.9. The fourth-order valence-corrected chi connectivity index (χ4v) is 2.94. The van der Waals surface area contributed by atoms with E-state index in [0.717, 1.165) is 0 Å². The van der Waals surface area contributed by atoms with Crippen LogP contribution in [0.15, 0.2) is 15.8 Å². The van der Waals surface area contributed by atoms with Crippen LogP contribution in [0.25, 0.3) is 0 Å². The molecule has 0 aromatic carbocycles. The fourth-order valence-electron chi connectivity index (χ4n) is 2.94.